The van der Waals surface area contributed by atoms with E-state index < -0.39 is 0 Å². The third kappa shape index (κ3) is 2.40. The Morgan fingerprint density at radius 2 is 1.72 bits per heavy atom. The van der Waals surface area contributed by atoms with Crippen molar-refractivity contribution in [3.8, 4) is 0 Å². The molecule has 4 heteroatoms. The molecule has 6 fully saturated rings. The largest absolute Gasteiger partial charge is 0.339 e. The summed E-state index contributed by atoms with van der Waals surface area (Å²) in [5, 5.41) is 2.77. The molecule has 5 heterocycles. The Kier molecular flexibility index (Phi) is 3.86. The number of nitrogens with two attached hydrogens (primary N) is 1. The topological polar surface area (TPSA) is 40.2 Å². The monoisotopic (exact) mass is 346 g/mol. The normalized spacial score (nSPS) is 54.6. The average molecular weight is 347 g/mol. The molecule has 5 atom stereocenters. The minimum absolute atomic E-state index is 0.0570. The van der Waals surface area contributed by atoms with Crippen molar-refractivity contribution < 1.29 is 10.1 Å². The number of carbonyl (C=O) groups excluding carboxylic acids is 1. The van der Waals surface area contributed by atoms with Crippen LogP contribution in [-0.4, -0.2) is 60.0 Å². The van der Waals surface area contributed by atoms with Crippen LogP contribution < -0.4 is 5.32 Å². The van der Waals surface area contributed by atoms with Crippen LogP contribution in [0.5, 0.6) is 0 Å². The average Bonchev–Trinajstić information content (AvgIpc) is 2.59. The van der Waals surface area contributed by atoms with E-state index in [4.69, 9.17) is 0 Å². The highest BCUT2D eigenvalue weighted by Gasteiger charge is 2.65. The van der Waals surface area contributed by atoms with Gasteiger partial charge in [0, 0.05) is 38.5 Å². The number of piperidine rings is 3. The summed E-state index contributed by atoms with van der Waals surface area (Å²) in [5.74, 6) is 1.57. The van der Waals surface area contributed by atoms with E-state index >= 15 is 0 Å². The standard InChI is InChI=1S/C21H35N3O/c1-3-10-21-13-23-11-20(2,19(21)25)12-24(14-21)18(23)17-9-8-15-6-4-5-7-16(15)22-17/h15-18,22H,3-14H2,1-2H3/p+1. The van der Waals surface area contributed by atoms with Gasteiger partial charge >= 0.3 is 0 Å². The van der Waals surface area contributed by atoms with Crippen LogP contribution in [0.4, 0.5) is 0 Å². The Labute approximate surface area is 152 Å². The number of Topliss-reactive ketones (excluding diaryl/α,β-unsaturated/α-hetero) is 1. The highest BCUT2D eigenvalue weighted by Crippen LogP contribution is 2.51. The van der Waals surface area contributed by atoms with Gasteiger partial charge < -0.3 is 5.32 Å². The zero-order chi connectivity index (χ0) is 17.2. The fraction of sp³-hybridized carbons (Fsp3) is 0.952. The van der Waals surface area contributed by atoms with Crippen molar-refractivity contribution in [3.05, 3.63) is 0 Å². The molecular weight excluding hydrogens is 310 g/mol. The van der Waals surface area contributed by atoms with E-state index in [-0.39, 0.29) is 10.8 Å². The van der Waals surface area contributed by atoms with Crippen LogP contribution in [0.25, 0.3) is 0 Å². The highest BCUT2D eigenvalue weighted by molar-refractivity contribution is 5.93. The number of hydrogen-bond donors (Lipinski definition) is 1. The summed E-state index contributed by atoms with van der Waals surface area (Å²) in [6.07, 6.45) is 11.4. The van der Waals surface area contributed by atoms with Crippen molar-refractivity contribution in [2.24, 2.45) is 16.7 Å². The Morgan fingerprint density at radius 3 is 2.44 bits per heavy atom. The van der Waals surface area contributed by atoms with Gasteiger partial charge in [-0.15, -0.1) is 0 Å². The van der Waals surface area contributed by atoms with Gasteiger partial charge in [0.05, 0.1) is 16.9 Å². The lowest BCUT2D eigenvalue weighted by molar-refractivity contribution is -0.746. The second-order valence-electron chi connectivity index (χ2n) is 10.3. The summed E-state index contributed by atoms with van der Waals surface area (Å²) >= 11 is 0. The lowest BCUT2D eigenvalue weighted by Gasteiger charge is -2.66. The van der Waals surface area contributed by atoms with E-state index in [2.05, 4.69) is 29.0 Å². The molecule has 25 heavy (non-hydrogen) atoms. The summed E-state index contributed by atoms with van der Waals surface area (Å²) in [5.41, 5.74) is -0.164. The van der Waals surface area contributed by atoms with E-state index in [1.165, 1.54) is 38.5 Å². The Bertz CT molecular complexity index is 545. The molecule has 5 aliphatic heterocycles. The molecule has 1 saturated carbocycles. The fourth-order valence-electron chi connectivity index (χ4n) is 7.63. The number of ketones is 1. The second-order valence-corrected chi connectivity index (χ2v) is 10.3. The first kappa shape index (κ1) is 16.7. The van der Waals surface area contributed by atoms with Crippen molar-refractivity contribution >= 4 is 5.78 Å². The van der Waals surface area contributed by atoms with Crippen LogP contribution >= 0.6 is 0 Å². The molecule has 5 unspecified atom stereocenters. The van der Waals surface area contributed by atoms with Crippen molar-refractivity contribution in [1.82, 2.24) is 9.80 Å². The molecule has 0 aromatic rings. The molecule has 1 aliphatic carbocycles. The maximum atomic E-state index is 13.2. The van der Waals surface area contributed by atoms with E-state index in [1.807, 2.05) is 0 Å². The molecule has 0 amide bonds. The van der Waals surface area contributed by atoms with E-state index in [1.54, 1.807) is 0 Å². The Morgan fingerprint density at radius 1 is 1.00 bits per heavy atom. The fourth-order valence-corrected chi connectivity index (χ4v) is 7.63. The zero-order valence-corrected chi connectivity index (χ0v) is 16.2. The SMILES string of the molecule is CCCC12CN3CC(C)(CN(C1)C3C1CCC3CCCCC3[NH2+]1)C2=O. The van der Waals surface area contributed by atoms with Gasteiger partial charge in [0.2, 0.25) is 0 Å². The second kappa shape index (κ2) is 5.77. The number of nitrogens with zero attached hydrogens (tertiary/aromatic N) is 2. The number of quaternary nitrogens is 1. The van der Waals surface area contributed by atoms with Gasteiger partial charge in [-0.1, -0.05) is 26.7 Å². The first-order valence-electron chi connectivity index (χ1n) is 10.9. The van der Waals surface area contributed by atoms with Crippen molar-refractivity contribution in [2.75, 3.05) is 26.2 Å². The Hall–Kier alpha value is -0.450. The molecule has 2 N–H and O–H groups in total. The molecule has 0 aromatic carbocycles. The minimum atomic E-state index is -0.107. The predicted octanol–water partition coefficient (Wildman–Crippen LogP) is 1.60. The molecule has 4 nitrogen and oxygen atoms in total. The summed E-state index contributed by atoms with van der Waals surface area (Å²) in [6.45, 7) is 8.59. The molecule has 0 radical (unpaired) electrons. The highest BCUT2D eigenvalue weighted by atomic mass is 16.1. The third-order valence-corrected chi connectivity index (χ3v) is 8.34. The van der Waals surface area contributed by atoms with E-state index in [0.717, 1.165) is 57.0 Å². The summed E-state index contributed by atoms with van der Waals surface area (Å²) in [6, 6.07) is 1.62. The number of carbonyl (C=O) groups is 1. The van der Waals surface area contributed by atoms with E-state index in [9.17, 15) is 4.79 Å². The summed E-state index contributed by atoms with van der Waals surface area (Å²) in [7, 11) is 0. The van der Waals surface area contributed by atoms with E-state index in [0.29, 0.717) is 11.9 Å². The minimum Gasteiger partial charge on any atom is -0.339 e. The van der Waals surface area contributed by atoms with Gasteiger partial charge in [-0.2, -0.15) is 0 Å². The number of rotatable bonds is 3. The maximum absolute atomic E-state index is 13.2. The van der Waals surface area contributed by atoms with Gasteiger partial charge in [-0.05, 0) is 32.1 Å². The smallest absolute Gasteiger partial charge is 0.150 e. The molecule has 4 bridgehead atoms. The zero-order valence-electron chi connectivity index (χ0n) is 16.2. The van der Waals surface area contributed by atoms with Gasteiger partial charge in [0.15, 0.2) is 0 Å². The molecule has 5 saturated heterocycles. The molecular formula is C21H36N3O+. The van der Waals surface area contributed by atoms with Gasteiger partial charge in [-0.3, -0.25) is 14.6 Å². The molecule has 0 aromatic heterocycles. The molecule has 0 spiro atoms. The van der Waals surface area contributed by atoms with Crippen LogP contribution in [0, 0.1) is 16.7 Å². The first-order valence-corrected chi connectivity index (χ1v) is 10.9. The maximum Gasteiger partial charge on any atom is 0.150 e. The first-order chi connectivity index (χ1) is 12.0. The van der Waals surface area contributed by atoms with Gasteiger partial charge in [0.25, 0.3) is 0 Å². The van der Waals surface area contributed by atoms with Crippen molar-refractivity contribution in [1.29, 1.82) is 0 Å². The number of fused-ring (bicyclic) bond motifs is 1. The summed E-state index contributed by atoms with van der Waals surface area (Å²) in [4.78, 5) is 18.7. The summed E-state index contributed by atoms with van der Waals surface area (Å²) < 4.78 is 0. The van der Waals surface area contributed by atoms with Crippen molar-refractivity contribution in [2.45, 2.75) is 83.5 Å². The predicted molar refractivity (Wildman–Crippen MR) is 98.1 cm³/mol. The Balaban J connectivity index is 1.38. The van der Waals surface area contributed by atoms with Gasteiger partial charge in [-0.25, -0.2) is 0 Å². The lowest BCUT2D eigenvalue weighted by Crippen LogP contribution is -3.02. The van der Waals surface area contributed by atoms with Crippen LogP contribution in [0.1, 0.15) is 65.2 Å². The third-order valence-electron chi connectivity index (χ3n) is 8.34. The van der Waals surface area contributed by atoms with Crippen molar-refractivity contribution in [3.63, 3.8) is 0 Å². The molecule has 140 valence electrons. The lowest BCUT2D eigenvalue weighted by atomic mass is 9.59. The molecule has 6 aliphatic rings. The quantitative estimate of drug-likeness (QED) is 0.844. The van der Waals surface area contributed by atoms with Crippen LogP contribution in [0.2, 0.25) is 0 Å². The van der Waals surface area contributed by atoms with Crippen LogP contribution in [0.15, 0.2) is 0 Å². The molecule has 6 rings (SSSR count). The van der Waals surface area contributed by atoms with Crippen LogP contribution in [-0.2, 0) is 4.79 Å². The van der Waals surface area contributed by atoms with Gasteiger partial charge in [0.1, 0.15) is 18.0 Å². The van der Waals surface area contributed by atoms with Crippen LogP contribution in [0.3, 0.4) is 0 Å². The number of hydrogen-bond acceptors (Lipinski definition) is 3.